The first-order valence-corrected chi connectivity index (χ1v) is 10.4. The van der Waals surface area contributed by atoms with E-state index in [4.69, 9.17) is 0 Å². The molecule has 1 saturated heterocycles. The molecule has 1 amide bonds. The number of para-hydroxylation sites is 1. The van der Waals surface area contributed by atoms with Crippen LogP contribution in [-0.2, 0) is 9.84 Å². The van der Waals surface area contributed by atoms with Gasteiger partial charge in [-0.15, -0.1) is 0 Å². The highest BCUT2D eigenvalue weighted by Gasteiger charge is 2.34. The number of carbonyl (C=O) groups excluding carboxylic acids is 1. The summed E-state index contributed by atoms with van der Waals surface area (Å²) in [6, 6.07) is 9.41. The van der Waals surface area contributed by atoms with Crippen LogP contribution in [0.25, 0.3) is 0 Å². The van der Waals surface area contributed by atoms with Crippen LogP contribution in [-0.4, -0.2) is 60.3 Å². The van der Waals surface area contributed by atoms with Crippen LogP contribution in [0.3, 0.4) is 0 Å². The lowest BCUT2D eigenvalue weighted by Crippen LogP contribution is -2.41. The van der Waals surface area contributed by atoms with E-state index >= 15 is 0 Å². The van der Waals surface area contributed by atoms with Gasteiger partial charge in [0, 0.05) is 37.7 Å². The molecule has 3 rings (SSSR count). The standard InChI is InChI=1S/C18H22N4O3S/c1-3-22(16-9-10-26(24,25)13-16)17(23)14-11-19-18(20-12-14)21(2)15-7-5-4-6-8-15/h4-8,11-12,16H,3,9-10,13H2,1-2H3. The summed E-state index contributed by atoms with van der Waals surface area (Å²) in [5, 5.41) is 0. The Balaban J connectivity index is 1.76. The molecule has 1 aromatic carbocycles. The second-order valence-corrected chi connectivity index (χ2v) is 8.54. The van der Waals surface area contributed by atoms with Gasteiger partial charge in [0.15, 0.2) is 9.84 Å². The van der Waals surface area contributed by atoms with Crippen molar-refractivity contribution in [3.05, 3.63) is 48.3 Å². The van der Waals surface area contributed by atoms with Crippen LogP contribution in [0.1, 0.15) is 23.7 Å². The molecule has 1 unspecified atom stereocenters. The summed E-state index contributed by atoms with van der Waals surface area (Å²) >= 11 is 0. The fraction of sp³-hybridized carbons (Fsp3) is 0.389. The Morgan fingerprint density at radius 3 is 2.38 bits per heavy atom. The number of hydrogen-bond acceptors (Lipinski definition) is 6. The molecule has 1 atom stereocenters. The first kappa shape index (κ1) is 18.3. The lowest BCUT2D eigenvalue weighted by Gasteiger charge is -2.26. The molecular formula is C18H22N4O3S. The van der Waals surface area contributed by atoms with Gasteiger partial charge in [0.05, 0.1) is 17.1 Å². The molecule has 2 aromatic rings. The Bertz CT molecular complexity index is 869. The summed E-state index contributed by atoms with van der Waals surface area (Å²) in [7, 11) is -1.19. The molecule has 0 radical (unpaired) electrons. The van der Waals surface area contributed by atoms with Gasteiger partial charge in [-0.25, -0.2) is 18.4 Å². The number of anilines is 2. The summed E-state index contributed by atoms with van der Waals surface area (Å²) < 4.78 is 23.4. The second-order valence-electron chi connectivity index (χ2n) is 6.31. The minimum absolute atomic E-state index is 0.0300. The van der Waals surface area contributed by atoms with Crippen molar-refractivity contribution in [1.82, 2.24) is 14.9 Å². The van der Waals surface area contributed by atoms with Crippen molar-refractivity contribution in [2.75, 3.05) is 30.0 Å². The quantitative estimate of drug-likeness (QED) is 0.795. The zero-order chi connectivity index (χ0) is 18.7. The van der Waals surface area contributed by atoms with E-state index in [0.29, 0.717) is 24.5 Å². The average molecular weight is 374 g/mol. The third kappa shape index (κ3) is 3.85. The predicted octanol–water partition coefficient (Wildman–Crippen LogP) is 1.89. The molecule has 8 heteroatoms. The number of rotatable bonds is 5. The number of benzene rings is 1. The number of carbonyl (C=O) groups is 1. The van der Waals surface area contributed by atoms with E-state index in [1.807, 2.05) is 49.2 Å². The minimum atomic E-state index is -3.05. The van der Waals surface area contributed by atoms with Crippen LogP contribution in [0, 0.1) is 0 Å². The fourth-order valence-electron chi connectivity index (χ4n) is 3.13. The fourth-order valence-corrected chi connectivity index (χ4v) is 4.86. The van der Waals surface area contributed by atoms with Gasteiger partial charge in [0.1, 0.15) is 0 Å². The lowest BCUT2D eigenvalue weighted by atomic mass is 10.2. The molecule has 2 heterocycles. The van der Waals surface area contributed by atoms with Crippen molar-refractivity contribution >= 4 is 27.4 Å². The molecule has 1 fully saturated rings. The van der Waals surface area contributed by atoms with E-state index < -0.39 is 9.84 Å². The van der Waals surface area contributed by atoms with Crippen molar-refractivity contribution in [3.8, 4) is 0 Å². The largest absolute Gasteiger partial charge is 0.335 e. The molecule has 1 aromatic heterocycles. The Kier molecular flexibility index (Phi) is 5.22. The topological polar surface area (TPSA) is 83.5 Å². The van der Waals surface area contributed by atoms with E-state index in [-0.39, 0.29) is 23.5 Å². The Morgan fingerprint density at radius 2 is 1.85 bits per heavy atom. The summed E-state index contributed by atoms with van der Waals surface area (Å²) in [5.74, 6) is 0.420. The van der Waals surface area contributed by atoms with E-state index in [1.54, 1.807) is 4.90 Å². The molecule has 0 aliphatic carbocycles. The molecule has 0 N–H and O–H groups in total. The molecule has 0 bridgehead atoms. The second kappa shape index (κ2) is 7.41. The zero-order valence-corrected chi connectivity index (χ0v) is 15.7. The van der Waals surface area contributed by atoms with Gasteiger partial charge >= 0.3 is 0 Å². The molecule has 1 aliphatic rings. The highest BCUT2D eigenvalue weighted by molar-refractivity contribution is 7.91. The number of hydrogen-bond donors (Lipinski definition) is 0. The summed E-state index contributed by atoms with van der Waals surface area (Å²) in [4.78, 5) is 24.8. The van der Waals surface area contributed by atoms with Crippen LogP contribution in [0.4, 0.5) is 11.6 Å². The number of aromatic nitrogens is 2. The van der Waals surface area contributed by atoms with Crippen molar-refractivity contribution in [2.45, 2.75) is 19.4 Å². The third-order valence-corrected chi connectivity index (χ3v) is 6.33. The normalized spacial score (nSPS) is 18.5. The first-order valence-electron chi connectivity index (χ1n) is 8.53. The average Bonchev–Trinajstić information content (AvgIpc) is 3.02. The van der Waals surface area contributed by atoms with Crippen LogP contribution >= 0.6 is 0 Å². The Morgan fingerprint density at radius 1 is 1.19 bits per heavy atom. The molecule has 1 aliphatic heterocycles. The van der Waals surface area contributed by atoms with Gasteiger partial charge in [0.25, 0.3) is 5.91 Å². The highest BCUT2D eigenvalue weighted by Crippen LogP contribution is 2.21. The number of nitrogens with zero attached hydrogens (tertiary/aromatic N) is 4. The third-order valence-electron chi connectivity index (χ3n) is 4.58. The monoisotopic (exact) mass is 374 g/mol. The number of amides is 1. The predicted molar refractivity (Wildman–Crippen MR) is 100 cm³/mol. The van der Waals surface area contributed by atoms with E-state index in [2.05, 4.69) is 9.97 Å². The maximum atomic E-state index is 12.8. The maximum absolute atomic E-state index is 12.8. The first-order chi connectivity index (χ1) is 12.4. The maximum Gasteiger partial charge on any atom is 0.257 e. The van der Waals surface area contributed by atoms with Gasteiger partial charge in [0.2, 0.25) is 5.95 Å². The molecule has 0 saturated carbocycles. The minimum Gasteiger partial charge on any atom is -0.335 e. The lowest BCUT2D eigenvalue weighted by molar-refractivity contribution is 0.0707. The van der Waals surface area contributed by atoms with Gasteiger partial charge in [-0.1, -0.05) is 18.2 Å². The SMILES string of the molecule is CCN(C(=O)c1cnc(N(C)c2ccccc2)nc1)C1CCS(=O)(=O)C1. The van der Waals surface area contributed by atoms with Crippen LogP contribution < -0.4 is 4.90 Å². The van der Waals surface area contributed by atoms with Crippen molar-refractivity contribution in [3.63, 3.8) is 0 Å². The summed E-state index contributed by atoms with van der Waals surface area (Å²) in [6.07, 6.45) is 3.48. The smallest absolute Gasteiger partial charge is 0.257 e. The molecule has 26 heavy (non-hydrogen) atoms. The number of sulfone groups is 1. The van der Waals surface area contributed by atoms with Crippen molar-refractivity contribution in [2.24, 2.45) is 0 Å². The van der Waals surface area contributed by atoms with Gasteiger partial charge in [-0.2, -0.15) is 0 Å². The summed E-state index contributed by atoms with van der Waals surface area (Å²) in [5.41, 5.74) is 1.30. The summed E-state index contributed by atoms with van der Waals surface area (Å²) in [6.45, 7) is 2.30. The van der Waals surface area contributed by atoms with Crippen molar-refractivity contribution in [1.29, 1.82) is 0 Å². The van der Waals surface area contributed by atoms with Gasteiger partial charge in [-0.05, 0) is 25.5 Å². The Labute approximate surface area is 153 Å². The van der Waals surface area contributed by atoms with Crippen LogP contribution in [0.5, 0.6) is 0 Å². The zero-order valence-electron chi connectivity index (χ0n) is 14.9. The van der Waals surface area contributed by atoms with Crippen LogP contribution in [0.2, 0.25) is 0 Å². The molecule has 7 nitrogen and oxygen atoms in total. The van der Waals surface area contributed by atoms with Crippen molar-refractivity contribution < 1.29 is 13.2 Å². The molecular weight excluding hydrogens is 352 g/mol. The van der Waals surface area contributed by atoms with E-state index in [0.717, 1.165) is 5.69 Å². The highest BCUT2D eigenvalue weighted by atomic mass is 32.2. The van der Waals surface area contributed by atoms with E-state index in [1.165, 1.54) is 12.4 Å². The van der Waals surface area contributed by atoms with Gasteiger partial charge < -0.3 is 9.80 Å². The molecule has 0 spiro atoms. The van der Waals surface area contributed by atoms with E-state index in [9.17, 15) is 13.2 Å². The van der Waals surface area contributed by atoms with Gasteiger partial charge in [-0.3, -0.25) is 4.79 Å². The molecule has 138 valence electrons. The Hall–Kier alpha value is -2.48. The van der Waals surface area contributed by atoms with Crippen LogP contribution in [0.15, 0.2) is 42.7 Å².